The smallest absolute Gasteiger partial charge is 0.295 e. The molecule has 2 heterocycles. The minimum Gasteiger partial charge on any atom is -0.496 e. The zero-order chi connectivity index (χ0) is 20.5. The van der Waals surface area contributed by atoms with E-state index in [-0.39, 0.29) is 5.56 Å². The Kier molecular flexibility index (Phi) is 5.20. The largest absolute Gasteiger partial charge is 0.496 e. The second-order valence-electron chi connectivity index (χ2n) is 6.94. The van der Waals surface area contributed by atoms with Crippen LogP contribution in [-0.2, 0) is 4.79 Å². The molecule has 7 heteroatoms. The lowest BCUT2D eigenvalue weighted by molar-refractivity contribution is -0.125. The van der Waals surface area contributed by atoms with Crippen LogP contribution >= 0.6 is 11.6 Å². The molecule has 0 spiro atoms. The van der Waals surface area contributed by atoms with Gasteiger partial charge >= 0.3 is 0 Å². The first-order chi connectivity index (χ1) is 14.0. The number of rotatable bonds is 5. The van der Waals surface area contributed by atoms with Gasteiger partial charge < -0.3 is 19.4 Å². The van der Waals surface area contributed by atoms with Gasteiger partial charge in [0.15, 0.2) is 0 Å². The highest BCUT2D eigenvalue weighted by Crippen LogP contribution is 2.41. The van der Waals surface area contributed by atoms with Crippen molar-refractivity contribution < 1.29 is 19.1 Å². The van der Waals surface area contributed by atoms with Crippen LogP contribution in [0.2, 0.25) is 5.02 Å². The maximum Gasteiger partial charge on any atom is 0.295 e. The molecule has 1 aromatic heterocycles. The molecule has 1 saturated heterocycles. The van der Waals surface area contributed by atoms with Crippen LogP contribution in [0.4, 0.5) is 0 Å². The highest BCUT2D eigenvalue weighted by atomic mass is 35.5. The number of ketones is 1. The molecule has 3 aromatic rings. The average Bonchev–Trinajstić information content (AvgIpc) is 3.42. The molecule has 1 fully saturated rings. The molecule has 0 radical (unpaired) electrons. The molecule has 1 aliphatic heterocycles. The second-order valence-corrected chi connectivity index (χ2v) is 7.38. The Balaban J connectivity index is 1.91. The summed E-state index contributed by atoms with van der Waals surface area (Å²) in [4.78, 5) is 30.7. The van der Waals surface area contributed by atoms with Crippen molar-refractivity contribution >= 4 is 34.2 Å². The monoisotopic (exact) mass is 412 g/mol. The fraction of sp³-hybridized carbons (Fsp3) is 0.273. The topological polar surface area (TPSA) is 71.6 Å². The van der Waals surface area contributed by atoms with E-state index in [0.717, 1.165) is 24.0 Å². The number of hydrogen-bond donors (Lipinski definition) is 1. The van der Waals surface area contributed by atoms with Crippen molar-refractivity contribution in [2.75, 3.05) is 27.3 Å². The van der Waals surface area contributed by atoms with Crippen molar-refractivity contribution in [1.29, 1.82) is 0 Å². The molecule has 0 saturated carbocycles. The van der Waals surface area contributed by atoms with Crippen LogP contribution in [0, 0.1) is 0 Å². The standard InChI is InChI=1S/C22H21ClN2O4/c1-28-16-11-17(29-2)19(21(26)22(27)25-9-3-4-10-25)20-18(16)15(12-24-20)13-5-7-14(23)8-6-13/h5-8,11-12,24H,3-4,9-10H2,1-2H3. The summed E-state index contributed by atoms with van der Waals surface area (Å²) in [5.41, 5.74) is 2.50. The van der Waals surface area contributed by atoms with E-state index < -0.39 is 11.7 Å². The number of carbonyl (C=O) groups excluding carboxylic acids is 2. The van der Waals surface area contributed by atoms with Gasteiger partial charge in [0, 0.05) is 35.9 Å². The number of H-pyrrole nitrogens is 1. The molecule has 2 aromatic carbocycles. The van der Waals surface area contributed by atoms with Gasteiger partial charge in [-0.15, -0.1) is 0 Å². The summed E-state index contributed by atoms with van der Waals surface area (Å²) < 4.78 is 11.0. The van der Waals surface area contributed by atoms with Crippen molar-refractivity contribution in [3.63, 3.8) is 0 Å². The van der Waals surface area contributed by atoms with Gasteiger partial charge in [-0.1, -0.05) is 23.7 Å². The summed E-state index contributed by atoms with van der Waals surface area (Å²) in [7, 11) is 3.03. The molecule has 1 amide bonds. The number of fused-ring (bicyclic) bond motifs is 1. The number of benzene rings is 2. The Labute approximate surface area is 173 Å². The fourth-order valence-corrected chi connectivity index (χ4v) is 3.96. The minimum absolute atomic E-state index is 0.223. The van der Waals surface area contributed by atoms with E-state index in [1.165, 1.54) is 7.11 Å². The Bertz CT molecular complexity index is 1080. The first kappa shape index (κ1) is 19.3. The molecule has 6 nitrogen and oxygen atoms in total. The quantitative estimate of drug-likeness (QED) is 0.500. The normalized spacial score (nSPS) is 13.7. The second kappa shape index (κ2) is 7.79. The van der Waals surface area contributed by atoms with Gasteiger partial charge in [0.05, 0.1) is 30.7 Å². The lowest BCUT2D eigenvalue weighted by Crippen LogP contribution is -2.34. The number of amides is 1. The highest BCUT2D eigenvalue weighted by molar-refractivity contribution is 6.45. The molecular formula is C22H21ClN2O4. The maximum atomic E-state index is 13.2. The summed E-state index contributed by atoms with van der Waals surface area (Å²) in [6.07, 6.45) is 3.63. The van der Waals surface area contributed by atoms with Crippen LogP contribution in [-0.4, -0.2) is 48.9 Å². The van der Waals surface area contributed by atoms with Crippen LogP contribution in [0.25, 0.3) is 22.0 Å². The van der Waals surface area contributed by atoms with E-state index in [9.17, 15) is 9.59 Å². The van der Waals surface area contributed by atoms with Crippen LogP contribution in [0.1, 0.15) is 23.2 Å². The summed E-state index contributed by atoms with van der Waals surface area (Å²) in [6.45, 7) is 1.21. The maximum absolute atomic E-state index is 13.2. The molecule has 150 valence electrons. The summed E-state index contributed by atoms with van der Waals surface area (Å²) in [5.74, 6) is -0.236. The Morgan fingerprint density at radius 3 is 2.31 bits per heavy atom. The minimum atomic E-state index is -0.582. The number of aromatic nitrogens is 1. The molecular weight excluding hydrogens is 392 g/mol. The Morgan fingerprint density at radius 1 is 1.03 bits per heavy atom. The number of hydrogen-bond acceptors (Lipinski definition) is 4. The van der Waals surface area contributed by atoms with Gasteiger partial charge in [0.1, 0.15) is 11.5 Å². The first-order valence-corrected chi connectivity index (χ1v) is 9.78. The summed E-state index contributed by atoms with van der Waals surface area (Å²) in [6, 6.07) is 9.04. The van der Waals surface area contributed by atoms with E-state index in [1.807, 2.05) is 12.1 Å². The van der Waals surface area contributed by atoms with Gasteiger partial charge in [0.2, 0.25) is 0 Å². The Morgan fingerprint density at radius 2 is 1.69 bits per heavy atom. The number of aromatic amines is 1. The third-order valence-corrected chi connectivity index (χ3v) is 5.55. The van der Waals surface area contributed by atoms with Crippen molar-refractivity contribution in [3.05, 3.63) is 47.1 Å². The molecule has 29 heavy (non-hydrogen) atoms. The number of halogens is 1. The fourth-order valence-electron chi connectivity index (χ4n) is 3.84. The molecule has 1 N–H and O–H groups in total. The van der Waals surface area contributed by atoms with Crippen molar-refractivity contribution in [2.24, 2.45) is 0 Å². The average molecular weight is 413 g/mol. The number of ether oxygens (including phenoxy) is 2. The first-order valence-electron chi connectivity index (χ1n) is 9.40. The summed E-state index contributed by atoms with van der Waals surface area (Å²) >= 11 is 6.02. The van der Waals surface area contributed by atoms with Gasteiger partial charge in [-0.25, -0.2) is 0 Å². The van der Waals surface area contributed by atoms with Gasteiger partial charge in [-0.05, 0) is 30.5 Å². The van der Waals surface area contributed by atoms with E-state index in [1.54, 1.807) is 36.4 Å². The zero-order valence-electron chi connectivity index (χ0n) is 16.3. The third kappa shape index (κ3) is 3.34. The highest BCUT2D eigenvalue weighted by Gasteiger charge is 2.31. The number of methoxy groups -OCH3 is 2. The van der Waals surface area contributed by atoms with Crippen LogP contribution in [0.3, 0.4) is 0 Å². The SMILES string of the molecule is COc1cc(OC)c2c(-c3ccc(Cl)cc3)c[nH]c2c1C(=O)C(=O)N1CCCC1. The predicted octanol–water partition coefficient (Wildman–Crippen LogP) is 4.31. The number of likely N-dealkylation sites (tertiary alicyclic amines) is 1. The van der Waals surface area contributed by atoms with Crippen LogP contribution < -0.4 is 9.47 Å². The van der Waals surface area contributed by atoms with E-state index >= 15 is 0 Å². The Hall–Kier alpha value is -2.99. The number of carbonyl (C=O) groups is 2. The molecule has 0 aliphatic carbocycles. The lowest BCUT2D eigenvalue weighted by atomic mass is 9.99. The molecule has 1 aliphatic rings. The molecule has 0 unspecified atom stereocenters. The van der Waals surface area contributed by atoms with E-state index in [2.05, 4.69) is 4.98 Å². The predicted molar refractivity (Wildman–Crippen MR) is 112 cm³/mol. The molecule has 4 rings (SSSR count). The van der Waals surface area contributed by atoms with Crippen molar-refractivity contribution in [2.45, 2.75) is 12.8 Å². The summed E-state index contributed by atoms with van der Waals surface area (Å²) in [5, 5.41) is 1.35. The van der Waals surface area contributed by atoms with Crippen molar-refractivity contribution in [3.8, 4) is 22.6 Å². The van der Waals surface area contributed by atoms with Gasteiger partial charge in [-0.3, -0.25) is 9.59 Å². The lowest BCUT2D eigenvalue weighted by Gasteiger charge is -2.17. The van der Waals surface area contributed by atoms with E-state index in [0.29, 0.717) is 40.5 Å². The zero-order valence-corrected chi connectivity index (χ0v) is 17.0. The van der Waals surface area contributed by atoms with Gasteiger partial charge in [0.25, 0.3) is 11.7 Å². The van der Waals surface area contributed by atoms with Crippen LogP contribution in [0.15, 0.2) is 36.5 Å². The van der Waals surface area contributed by atoms with Gasteiger partial charge in [-0.2, -0.15) is 0 Å². The van der Waals surface area contributed by atoms with Crippen LogP contribution in [0.5, 0.6) is 11.5 Å². The van der Waals surface area contributed by atoms with E-state index in [4.69, 9.17) is 21.1 Å². The molecule has 0 bridgehead atoms. The molecule has 0 atom stereocenters. The number of nitrogens with one attached hydrogen (secondary N) is 1. The number of Topliss-reactive ketones (excluding diaryl/α,β-unsaturated/α-hetero) is 1. The van der Waals surface area contributed by atoms with Crippen molar-refractivity contribution in [1.82, 2.24) is 9.88 Å². The number of nitrogens with zero attached hydrogens (tertiary/aromatic N) is 1. The third-order valence-electron chi connectivity index (χ3n) is 5.29.